The zero-order valence-corrected chi connectivity index (χ0v) is 13.9. The maximum absolute atomic E-state index is 13.9. The highest BCUT2D eigenvalue weighted by molar-refractivity contribution is 5.94. The van der Waals surface area contributed by atoms with Crippen molar-refractivity contribution < 1.29 is 18.0 Å². The van der Waals surface area contributed by atoms with E-state index < -0.39 is 28.9 Å². The molecule has 3 aromatic rings. The third kappa shape index (κ3) is 2.75. The van der Waals surface area contributed by atoms with Gasteiger partial charge in [-0.25, -0.2) is 13.2 Å². The molecule has 0 radical (unpaired) electrons. The molecule has 0 unspecified atom stereocenters. The molecule has 1 N–H and O–H groups in total. The molecule has 134 valence electrons. The van der Waals surface area contributed by atoms with Crippen LogP contribution in [-0.4, -0.2) is 28.9 Å². The molecule has 1 aliphatic rings. The zero-order chi connectivity index (χ0) is 18.3. The number of piperidine rings is 1. The summed E-state index contributed by atoms with van der Waals surface area (Å²) in [6, 6.07) is 9.83. The van der Waals surface area contributed by atoms with Gasteiger partial charge in [-0.1, -0.05) is 18.2 Å². The maximum Gasteiger partial charge on any atom is 0.256 e. The molecule has 3 nitrogen and oxygen atoms in total. The second-order valence-electron chi connectivity index (χ2n) is 6.58. The molecule has 0 saturated carbocycles. The first-order chi connectivity index (χ1) is 12.6. The minimum absolute atomic E-state index is 0.296. The monoisotopic (exact) mass is 358 g/mol. The van der Waals surface area contributed by atoms with E-state index in [9.17, 15) is 18.0 Å². The highest BCUT2D eigenvalue weighted by atomic mass is 19.2. The third-order valence-corrected chi connectivity index (χ3v) is 5.11. The lowest BCUT2D eigenvalue weighted by molar-refractivity contribution is 0.0707. The molecular formula is C20H17F3N2O. The molecule has 6 heteroatoms. The van der Waals surface area contributed by atoms with E-state index in [1.54, 1.807) is 0 Å². The summed E-state index contributed by atoms with van der Waals surface area (Å²) in [5.74, 6) is -4.63. The Bertz CT molecular complexity index is 974. The Labute approximate surface area is 148 Å². The molecule has 1 amide bonds. The van der Waals surface area contributed by atoms with Crippen LogP contribution < -0.4 is 0 Å². The Kier molecular flexibility index (Phi) is 4.18. The number of hydrogen-bond donors (Lipinski definition) is 1. The van der Waals surface area contributed by atoms with E-state index in [-0.39, 0.29) is 0 Å². The van der Waals surface area contributed by atoms with Crippen molar-refractivity contribution in [3.8, 4) is 0 Å². The fraction of sp³-hybridized carbons (Fsp3) is 0.250. The molecule has 2 heterocycles. The molecule has 0 spiro atoms. The van der Waals surface area contributed by atoms with Crippen LogP contribution in [0.2, 0.25) is 0 Å². The van der Waals surface area contributed by atoms with Crippen LogP contribution in [0.5, 0.6) is 0 Å². The Hall–Kier alpha value is -2.76. The number of aromatic amines is 1. The summed E-state index contributed by atoms with van der Waals surface area (Å²) in [4.78, 5) is 17.2. The number of rotatable bonds is 2. The molecule has 1 aromatic heterocycles. The van der Waals surface area contributed by atoms with E-state index in [0.29, 0.717) is 19.0 Å². The topological polar surface area (TPSA) is 36.1 Å². The first-order valence-corrected chi connectivity index (χ1v) is 8.55. The Morgan fingerprint density at radius 1 is 1.00 bits per heavy atom. The lowest BCUT2D eigenvalue weighted by Gasteiger charge is -2.32. The van der Waals surface area contributed by atoms with Crippen molar-refractivity contribution >= 4 is 16.8 Å². The normalized spacial score (nSPS) is 15.6. The minimum atomic E-state index is -1.61. The van der Waals surface area contributed by atoms with Crippen molar-refractivity contribution in [3.63, 3.8) is 0 Å². The summed E-state index contributed by atoms with van der Waals surface area (Å²) in [6.07, 6.45) is 3.47. The van der Waals surface area contributed by atoms with Gasteiger partial charge < -0.3 is 9.88 Å². The fourth-order valence-electron chi connectivity index (χ4n) is 3.69. The van der Waals surface area contributed by atoms with Gasteiger partial charge in [0.15, 0.2) is 17.5 Å². The number of H-pyrrole nitrogens is 1. The number of para-hydroxylation sites is 1. The Morgan fingerprint density at radius 2 is 1.73 bits per heavy atom. The summed E-state index contributed by atoms with van der Waals surface area (Å²) in [7, 11) is 0. The largest absolute Gasteiger partial charge is 0.361 e. The third-order valence-electron chi connectivity index (χ3n) is 5.11. The molecular weight excluding hydrogens is 341 g/mol. The number of hydrogen-bond acceptors (Lipinski definition) is 1. The van der Waals surface area contributed by atoms with Crippen LogP contribution in [0, 0.1) is 17.5 Å². The smallest absolute Gasteiger partial charge is 0.256 e. The number of amides is 1. The molecule has 1 saturated heterocycles. The van der Waals surface area contributed by atoms with Crippen LogP contribution in [0.15, 0.2) is 42.6 Å². The summed E-state index contributed by atoms with van der Waals surface area (Å²) in [5.41, 5.74) is 1.87. The van der Waals surface area contributed by atoms with Gasteiger partial charge in [0.2, 0.25) is 0 Å². The Morgan fingerprint density at radius 3 is 2.50 bits per heavy atom. The molecule has 26 heavy (non-hydrogen) atoms. The Balaban J connectivity index is 1.50. The average Bonchev–Trinajstić information content (AvgIpc) is 3.10. The fourth-order valence-corrected chi connectivity index (χ4v) is 3.69. The number of carbonyl (C=O) groups is 1. The standard InChI is InChI=1S/C20H17F3N2O/c21-16-6-5-14(18(22)19(16)23)20(26)25-9-7-12(8-10-25)15-11-24-17-4-2-1-3-13(15)17/h1-6,11-12,24H,7-10H2. The van der Waals surface area contributed by atoms with Gasteiger partial charge in [-0.15, -0.1) is 0 Å². The summed E-state index contributed by atoms with van der Waals surface area (Å²) in [5, 5.41) is 1.17. The molecule has 0 aliphatic carbocycles. The predicted octanol–water partition coefficient (Wildman–Crippen LogP) is 4.61. The van der Waals surface area contributed by atoms with Gasteiger partial charge in [0.05, 0.1) is 5.56 Å². The van der Waals surface area contributed by atoms with Crippen molar-refractivity contribution in [2.24, 2.45) is 0 Å². The number of fused-ring (bicyclic) bond motifs is 1. The summed E-state index contributed by atoms with van der Waals surface area (Å²) < 4.78 is 40.3. The van der Waals surface area contributed by atoms with Crippen LogP contribution in [0.1, 0.15) is 34.7 Å². The van der Waals surface area contributed by atoms with Crippen molar-refractivity contribution in [2.75, 3.05) is 13.1 Å². The van der Waals surface area contributed by atoms with E-state index in [1.165, 1.54) is 15.8 Å². The first kappa shape index (κ1) is 16.7. The van der Waals surface area contributed by atoms with Gasteiger partial charge in [0, 0.05) is 30.2 Å². The second kappa shape index (κ2) is 6.52. The number of carbonyl (C=O) groups excluding carboxylic acids is 1. The van der Waals surface area contributed by atoms with E-state index in [1.807, 2.05) is 24.4 Å². The number of halogens is 3. The predicted molar refractivity (Wildman–Crippen MR) is 92.5 cm³/mol. The first-order valence-electron chi connectivity index (χ1n) is 8.55. The molecule has 0 bridgehead atoms. The molecule has 1 aliphatic heterocycles. The number of aromatic nitrogens is 1. The van der Waals surface area contributed by atoms with E-state index >= 15 is 0 Å². The summed E-state index contributed by atoms with van der Waals surface area (Å²) in [6.45, 7) is 0.892. The van der Waals surface area contributed by atoms with Gasteiger partial charge in [-0.3, -0.25) is 4.79 Å². The van der Waals surface area contributed by atoms with E-state index in [4.69, 9.17) is 0 Å². The van der Waals surface area contributed by atoms with Gasteiger partial charge in [0.1, 0.15) is 0 Å². The van der Waals surface area contributed by atoms with E-state index in [0.717, 1.165) is 30.5 Å². The maximum atomic E-state index is 13.9. The summed E-state index contributed by atoms with van der Waals surface area (Å²) >= 11 is 0. The van der Waals surface area contributed by atoms with Gasteiger partial charge >= 0.3 is 0 Å². The van der Waals surface area contributed by atoms with Crippen LogP contribution in [0.3, 0.4) is 0 Å². The lowest BCUT2D eigenvalue weighted by atomic mass is 9.89. The van der Waals surface area contributed by atoms with Crippen LogP contribution in [0.25, 0.3) is 10.9 Å². The van der Waals surface area contributed by atoms with Crippen molar-refractivity contribution in [1.29, 1.82) is 0 Å². The van der Waals surface area contributed by atoms with Crippen molar-refractivity contribution in [3.05, 3.63) is 71.2 Å². The van der Waals surface area contributed by atoms with Crippen molar-refractivity contribution in [2.45, 2.75) is 18.8 Å². The number of nitrogens with one attached hydrogen (secondary N) is 1. The highest BCUT2D eigenvalue weighted by Crippen LogP contribution is 2.33. The number of likely N-dealkylation sites (tertiary alicyclic amines) is 1. The lowest BCUT2D eigenvalue weighted by Crippen LogP contribution is -2.38. The SMILES string of the molecule is O=C(c1ccc(F)c(F)c1F)N1CCC(c2c[nH]c3ccccc23)CC1. The molecule has 0 atom stereocenters. The van der Waals surface area contributed by atoms with E-state index in [2.05, 4.69) is 11.1 Å². The molecule has 2 aromatic carbocycles. The van der Waals surface area contributed by atoms with Crippen LogP contribution in [-0.2, 0) is 0 Å². The zero-order valence-electron chi connectivity index (χ0n) is 13.9. The van der Waals surface area contributed by atoms with Crippen LogP contribution >= 0.6 is 0 Å². The van der Waals surface area contributed by atoms with Crippen molar-refractivity contribution in [1.82, 2.24) is 9.88 Å². The number of benzene rings is 2. The number of nitrogens with zero attached hydrogens (tertiary/aromatic N) is 1. The van der Waals surface area contributed by atoms with Gasteiger partial charge in [0.25, 0.3) is 5.91 Å². The average molecular weight is 358 g/mol. The molecule has 4 rings (SSSR count). The second-order valence-corrected chi connectivity index (χ2v) is 6.58. The molecule has 1 fully saturated rings. The van der Waals surface area contributed by atoms with Gasteiger partial charge in [-0.2, -0.15) is 0 Å². The minimum Gasteiger partial charge on any atom is -0.361 e. The van der Waals surface area contributed by atoms with Crippen LogP contribution in [0.4, 0.5) is 13.2 Å². The van der Waals surface area contributed by atoms with Gasteiger partial charge in [-0.05, 0) is 42.5 Å². The quantitative estimate of drug-likeness (QED) is 0.668. The highest BCUT2D eigenvalue weighted by Gasteiger charge is 2.28.